The van der Waals surface area contributed by atoms with Gasteiger partial charge in [0, 0.05) is 20.0 Å². The zero-order chi connectivity index (χ0) is 12.2. The van der Waals surface area contributed by atoms with Gasteiger partial charge in [0.15, 0.2) is 5.72 Å². The van der Waals surface area contributed by atoms with Crippen LogP contribution in [-0.2, 0) is 10.5 Å². The lowest BCUT2D eigenvalue weighted by molar-refractivity contribution is -0.128. The van der Waals surface area contributed by atoms with Crippen molar-refractivity contribution in [3.63, 3.8) is 0 Å². The summed E-state index contributed by atoms with van der Waals surface area (Å²) in [6, 6.07) is 4.98. The Morgan fingerprint density at radius 1 is 1.62 bits per heavy atom. The molecule has 0 aliphatic rings. The van der Waals surface area contributed by atoms with Gasteiger partial charge in [0.25, 0.3) is 0 Å². The third-order valence-electron chi connectivity index (χ3n) is 2.00. The maximum Gasteiger partial charge on any atom is 0.219 e. The van der Waals surface area contributed by atoms with E-state index in [-0.39, 0.29) is 18.7 Å². The number of aliphatic hydroxyl groups is 2. The molecule has 0 saturated carbocycles. The fourth-order valence-electron chi connectivity index (χ4n) is 1.35. The minimum Gasteiger partial charge on any atom is -0.396 e. The van der Waals surface area contributed by atoms with Gasteiger partial charge in [0.05, 0.1) is 5.69 Å². The standard InChI is InChI=1S/C10H13BrN2O3/c1-7(15)13-10(16,5-6-14)8-3-2-4-9(11)12-8/h2-4,14,16H,5-6H2,1H3,(H,13,15). The lowest BCUT2D eigenvalue weighted by Crippen LogP contribution is -2.46. The Labute approximate surface area is 102 Å². The first-order valence-electron chi connectivity index (χ1n) is 4.73. The molecule has 0 aromatic carbocycles. The molecule has 1 heterocycles. The van der Waals surface area contributed by atoms with E-state index >= 15 is 0 Å². The van der Waals surface area contributed by atoms with Crippen molar-refractivity contribution in [3.05, 3.63) is 28.5 Å². The maximum atomic E-state index is 11.0. The second-order valence-electron chi connectivity index (χ2n) is 3.36. The van der Waals surface area contributed by atoms with Gasteiger partial charge in [-0.15, -0.1) is 0 Å². The van der Waals surface area contributed by atoms with Crippen LogP contribution in [0.2, 0.25) is 0 Å². The summed E-state index contributed by atoms with van der Waals surface area (Å²) < 4.78 is 0.548. The number of aromatic nitrogens is 1. The molecule has 1 amide bonds. The normalized spacial score (nSPS) is 14.2. The topological polar surface area (TPSA) is 82.5 Å². The summed E-state index contributed by atoms with van der Waals surface area (Å²) in [5.74, 6) is -0.391. The molecule has 0 radical (unpaired) electrons. The van der Waals surface area contributed by atoms with Crippen molar-refractivity contribution in [1.82, 2.24) is 10.3 Å². The van der Waals surface area contributed by atoms with Crippen LogP contribution >= 0.6 is 15.9 Å². The van der Waals surface area contributed by atoms with Crippen molar-refractivity contribution in [1.29, 1.82) is 0 Å². The number of pyridine rings is 1. The molecule has 5 nitrogen and oxygen atoms in total. The SMILES string of the molecule is CC(=O)NC(O)(CCO)c1cccc(Br)n1. The van der Waals surface area contributed by atoms with Crippen molar-refractivity contribution < 1.29 is 15.0 Å². The van der Waals surface area contributed by atoms with Crippen LogP contribution in [0.3, 0.4) is 0 Å². The molecule has 1 aromatic rings. The molecule has 0 aliphatic carbocycles. The van der Waals surface area contributed by atoms with Crippen molar-refractivity contribution >= 4 is 21.8 Å². The number of aliphatic hydroxyl groups excluding tert-OH is 1. The Morgan fingerprint density at radius 2 is 2.31 bits per heavy atom. The molecule has 3 N–H and O–H groups in total. The Morgan fingerprint density at radius 3 is 2.81 bits per heavy atom. The lowest BCUT2D eigenvalue weighted by Gasteiger charge is -2.27. The first-order valence-corrected chi connectivity index (χ1v) is 5.52. The van der Waals surface area contributed by atoms with Crippen LogP contribution in [0, 0.1) is 0 Å². The zero-order valence-corrected chi connectivity index (χ0v) is 10.4. The molecule has 1 aromatic heterocycles. The van der Waals surface area contributed by atoms with Gasteiger partial charge >= 0.3 is 0 Å². The van der Waals surface area contributed by atoms with Crippen molar-refractivity contribution in [2.45, 2.75) is 19.1 Å². The molecule has 1 rings (SSSR count). The fourth-order valence-corrected chi connectivity index (χ4v) is 1.69. The van der Waals surface area contributed by atoms with Gasteiger partial charge in [-0.1, -0.05) is 6.07 Å². The molecule has 6 heteroatoms. The number of rotatable bonds is 4. The van der Waals surface area contributed by atoms with E-state index < -0.39 is 11.6 Å². The Bertz CT molecular complexity index is 386. The van der Waals surface area contributed by atoms with E-state index in [1.807, 2.05) is 0 Å². The molecule has 88 valence electrons. The van der Waals surface area contributed by atoms with Crippen LogP contribution in [0.4, 0.5) is 0 Å². The van der Waals surface area contributed by atoms with E-state index in [9.17, 15) is 9.90 Å². The van der Waals surface area contributed by atoms with Gasteiger partial charge in [-0.05, 0) is 28.1 Å². The number of carbonyl (C=O) groups is 1. The smallest absolute Gasteiger partial charge is 0.219 e. The summed E-state index contributed by atoms with van der Waals surface area (Å²) in [4.78, 5) is 15.1. The van der Waals surface area contributed by atoms with E-state index in [1.54, 1.807) is 18.2 Å². The van der Waals surface area contributed by atoms with E-state index in [1.165, 1.54) is 6.92 Å². The summed E-state index contributed by atoms with van der Waals surface area (Å²) in [6.07, 6.45) is -0.0178. The van der Waals surface area contributed by atoms with Crippen molar-refractivity contribution in [2.75, 3.05) is 6.61 Å². The third kappa shape index (κ3) is 3.26. The van der Waals surface area contributed by atoms with Crippen molar-refractivity contribution in [3.8, 4) is 0 Å². The predicted octanol–water partition coefficient (Wildman–Crippen LogP) is 0.508. The van der Waals surface area contributed by atoms with E-state index in [2.05, 4.69) is 26.2 Å². The lowest BCUT2D eigenvalue weighted by atomic mass is 10.1. The molecular formula is C10H13BrN2O3. The Hall–Kier alpha value is -0.980. The summed E-state index contributed by atoms with van der Waals surface area (Å²) in [6.45, 7) is 1.03. The van der Waals surface area contributed by atoms with Crippen LogP contribution in [0.1, 0.15) is 19.0 Å². The van der Waals surface area contributed by atoms with Gasteiger partial charge in [-0.2, -0.15) is 0 Å². The molecule has 16 heavy (non-hydrogen) atoms. The first kappa shape index (κ1) is 13.1. The summed E-state index contributed by atoms with van der Waals surface area (Å²) in [5.41, 5.74) is -1.35. The quantitative estimate of drug-likeness (QED) is 0.557. The fraction of sp³-hybridized carbons (Fsp3) is 0.400. The van der Waals surface area contributed by atoms with Crippen LogP contribution in [0.25, 0.3) is 0 Å². The largest absolute Gasteiger partial charge is 0.396 e. The Kier molecular flexibility index (Phi) is 4.40. The highest BCUT2D eigenvalue weighted by Crippen LogP contribution is 2.21. The second-order valence-corrected chi connectivity index (χ2v) is 4.17. The highest BCUT2D eigenvalue weighted by molar-refractivity contribution is 9.10. The molecule has 0 fully saturated rings. The number of halogens is 1. The molecule has 1 atom stereocenters. The summed E-state index contributed by atoms with van der Waals surface area (Å²) in [7, 11) is 0. The Balaban J connectivity index is 3.05. The summed E-state index contributed by atoms with van der Waals surface area (Å²) in [5, 5.41) is 21.5. The minimum atomic E-state index is -1.63. The van der Waals surface area contributed by atoms with Gasteiger partial charge in [0.1, 0.15) is 4.60 Å². The maximum absolute atomic E-state index is 11.0. The minimum absolute atomic E-state index is 0.0178. The molecule has 0 spiro atoms. The predicted molar refractivity (Wildman–Crippen MR) is 61.4 cm³/mol. The second kappa shape index (κ2) is 5.38. The highest BCUT2D eigenvalue weighted by atomic mass is 79.9. The highest BCUT2D eigenvalue weighted by Gasteiger charge is 2.31. The van der Waals surface area contributed by atoms with Crippen molar-refractivity contribution in [2.24, 2.45) is 0 Å². The van der Waals surface area contributed by atoms with Gasteiger partial charge in [0.2, 0.25) is 5.91 Å². The van der Waals surface area contributed by atoms with Crippen LogP contribution in [-0.4, -0.2) is 27.7 Å². The first-order chi connectivity index (χ1) is 7.48. The van der Waals surface area contributed by atoms with Gasteiger partial charge in [-0.25, -0.2) is 4.98 Å². The van der Waals surface area contributed by atoms with Gasteiger partial charge < -0.3 is 15.5 Å². The molecule has 0 aliphatic heterocycles. The number of nitrogens with zero attached hydrogens (tertiary/aromatic N) is 1. The number of hydrogen-bond donors (Lipinski definition) is 3. The third-order valence-corrected chi connectivity index (χ3v) is 2.44. The number of carbonyl (C=O) groups excluding carboxylic acids is 1. The van der Waals surface area contributed by atoms with E-state index in [0.29, 0.717) is 4.60 Å². The monoisotopic (exact) mass is 288 g/mol. The zero-order valence-electron chi connectivity index (χ0n) is 8.77. The van der Waals surface area contributed by atoms with Crippen LogP contribution in [0.15, 0.2) is 22.8 Å². The van der Waals surface area contributed by atoms with Crippen LogP contribution < -0.4 is 5.32 Å². The average molecular weight is 289 g/mol. The number of hydrogen-bond acceptors (Lipinski definition) is 4. The molecular weight excluding hydrogens is 276 g/mol. The molecule has 1 unspecified atom stereocenters. The number of nitrogens with one attached hydrogen (secondary N) is 1. The van der Waals surface area contributed by atoms with E-state index in [0.717, 1.165) is 0 Å². The molecule has 0 bridgehead atoms. The summed E-state index contributed by atoms with van der Waals surface area (Å²) >= 11 is 3.17. The molecule has 0 saturated heterocycles. The van der Waals surface area contributed by atoms with Gasteiger partial charge in [-0.3, -0.25) is 4.79 Å². The number of amides is 1. The van der Waals surface area contributed by atoms with Crippen LogP contribution in [0.5, 0.6) is 0 Å². The average Bonchev–Trinajstić information content (AvgIpc) is 2.16. The van der Waals surface area contributed by atoms with E-state index in [4.69, 9.17) is 5.11 Å².